The molecule has 0 heterocycles. The van der Waals surface area contributed by atoms with E-state index in [1.807, 2.05) is 0 Å². The van der Waals surface area contributed by atoms with Crippen molar-refractivity contribution < 1.29 is 45.4 Å². The van der Waals surface area contributed by atoms with Crippen molar-refractivity contribution >= 4 is 5.97 Å². The number of hydrogen-bond acceptors (Lipinski definition) is 3. The van der Waals surface area contributed by atoms with E-state index in [1.54, 1.807) is 0 Å². The Bertz CT molecular complexity index is 569. The second-order valence-electron chi connectivity index (χ2n) is 4.66. The molecular formula is C13H11F7O3. The minimum atomic E-state index is -6.46. The molecule has 1 aromatic rings. The first-order chi connectivity index (χ1) is 10.3. The summed E-state index contributed by atoms with van der Waals surface area (Å²) in [6.45, 7) is 1.03. The SMILES string of the molecule is CC(=O)Oc1cccc(C(O)CC(F)(F)C(F)(F)C(F)(F)F)c1. The number of esters is 1. The highest BCUT2D eigenvalue weighted by atomic mass is 19.4. The van der Waals surface area contributed by atoms with Crippen molar-refractivity contribution in [1.82, 2.24) is 0 Å². The van der Waals surface area contributed by atoms with Gasteiger partial charge >= 0.3 is 24.0 Å². The highest BCUT2D eigenvalue weighted by Crippen LogP contribution is 2.49. The molecule has 0 aliphatic rings. The van der Waals surface area contributed by atoms with Gasteiger partial charge in [0.15, 0.2) is 0 Å². The average molecular weight is 348 g/mol. The van der Waals surface area contributed by atoms with Gasteiger partial charge in [0.2, 0.25) is 0 Å². The van der Waals surface area contributed by atoms with Crippen LogP contribution in [-0.4, -0.2) is 29.1 Å². The fourth-order valence-corrected chi connectivity index (χ4v) is 1.65. The Balaban J connectivity index is 2.98. The van der Waals surface area contributed by atoms with E-state index >= 15 is 0 Å². The van der Waals surface area contributed by atoms with E-state index in [-0.39, 0.29) is 5.75 Å². The third-order valence-electron chi connectivity index (χ3n) is 2.77. The number of carbonyl (C=O) groups excluding carboxylic acids is 1. The van der Waals surface area contributed by atoms with E-state index in [9.17, 15) is 40.6 Å². The molecule has 1 N–H and O–H groups in total. The van der Waals surface area contributed by atoms with Gasteiger partial charge in [-0.25, -0.2) is 0 Å². The predicted octanol–water partition coefficient (Wildman–Crippen LogP) is 3.87. The molecule has 0 aromatic heterocycles. The minimum Gasteiger partial charge on any atom is -0.427 e. The fraction of sp³-hybridized carbons (Fsp3) is 0.462. The second kappa shape index (κ2) is 6.34. The van der Waals surface area contributed by atoms with E-state index in [0.717, 1.165) is 25.1 Å². The molecule has 10 heteroatoms. The van der Waals surface area contributed by atoms with Crippen molar-refractivity contribution in [2.75, 3.05) is 0 Å². The van der Waals surface area contributed by atoms with Crippen molar-refractivity contribution in [3.05, 3.63) is 29.8 Å². The summed E-state index contributed by atoms with van der Waals surface area (Å²) in [6, 6.07) is 4.25. The van der Waals surface area contributed by atoms with Gasteiger partial charge < -0.3 is 9.84 Å². The maximum Gasteiger partial charge on any atom is 0.459 e. The summed E-state index contributed by atoms with van der Waals surface area (Å²) in [5.41, 5.74) is -0.401. The van der Waals surface area contributed by atoms with Gasteiger partial charge in [-0.15, -0.1) is 0 Å². The molecule has 0 radical (unpaired) electrons. The summed E-state index contributed by atoms with van der Waals surface area (Å²) in [4.78, 5) is 10.7. The Hall–Kier alpha value is -1.84. The van der Waals surface area contributed by atoms with E-state index in [0.29, 0.717) is 0 Å². The van der Waals surface area contributed by atoms with Crippen molar-refractivity contribution in [3.8, 4) is 5.75 Å². The number of rotatable bonds is 5. The van der Waals surface area contributed by atoms with Crippen molar-refractivity contribution in [2.45, 2.75) is 37.5 Å². The Kier molecular flexibility index (Phi) is 5.30. The number of hydrogen-bond donors (Lipinski definition) is 1. The summed E-state index contributed by atoms with van der Waals surface area (Å²) in [5.74, 6) is -12.8. The van der Waals surface area contributed by atoms with Gasteiger partial charge in [-0.1, -0.05) is 12.1 Å². The first-order valence-corrected chi connectivity index (χ1v) is 6.07. The van der Waals surface area contributed by atoms with E-state index in [1.165, 1.54) is 6.07 Å². The third kappa shape index (κ3) is 4.34. The molecule has 1 rings (SSSR count). The number of ether oxygens (including phenoxy) is 1. The molecule has 23 heavy (non-hydrogen) atoms. The van der Waals surface area contributed by atoms with Gasteiger partial charge in [0.25, 0.3) is 0 Å². The zero-order chi connectivity index (χ0) is 18.1. The summed E-state index contributed by atoms with van der Waals surface area (Å²) < 4.78 is 92.7. The number of aliphatic hydroxyl groups is 1. The van der Waals surface area contributed by atoms with Crippen LogP contribution in [0.1, 0.15) is 25.0 Å². The molecular weight excluding hydrogens is 337 g/mol. The van der Waals surface area contributed by atoms with Crippen molar-refractivity contribution in [1.29, 1.82) is 0 Å². The maximum absolute atomic E-state index is 13.2. The molecule has 0 bridgehead atoms. The Morgan fingerprint density at radius 2 is 1.74 bits per heavy atom. The van der Waals surface area contributed by atoms with Crippen LogP contribution in [0.15, 0.2) is 24.3 Å². The Morgan fingerprint density at radius 3 is 2.22 bits per heavy atom. The Labute approximate surface area is 125 Å². The lowest BCUT2D eigenvalue weighted by Gasteiger charge is -2.29. The summed E-state index contributed by atoms with van der Waals surface area (Å²) in [7, 11) is 0. The van der Waals surface area contributed by atoms with Gasteiger partial charge in [0, 0.05) is 13.3 Å². The summed E-state index contributed by atoms with van der Waals surface area (Å²) >= 11 is 0. The number of halogens is 7. The highest BCUT2D eigenvalue weighted by Gasteiger charge is 2.72. The molecule has 0 spiro atoms. The van der Waals surface area contributed by atoms with Crippen LogP contribution in [0, 0.1) is 0 Å². The lowest BCUT2D eigenvalue weighted by Crippen LogP contribution is -2.52. The van der Waals surface area contributed by atoms with Gasteiger partial charge in [-0.3, -0.25) is 4.79 Å². The van der Waals surface area contributed by atoms with Gasteiger partial charge in [0.05, 0.1) is 6.10 Å². The Morgan fingerprint density at radius 1 is 1.17 bits per heavy atom. The van der Waals surface area contributed by atoms with Crippen LogP contribution in [0.25, 0.3) is 0 Å². The first-order valence-electron chi connectivity index (χ1n) is 6.07. The van der Waals surface area contributed by atoms with Gasteiger partial charge in [0.1, 0.15) is 5.75 Å². The molecule has 0 aliphatic carbocycles. The molecule has 0 amide bonds. The lowest BCUT2D eigenvalue weighted by molar-refractivity contribution is -0.358. The van der Waals surface area contributed by atoms with Crippen LogP contribution in [-0.2, 0) is 4.79 Å². The number of carbonyl (C=O) groups is 1. The quantitative estimate of drug-likeness (QED) is 0.499. The van der Waals surface area contributed by atoms with E-state index in [2.05, 4.69) is 4.74 Å². The molecule has 1 atom stereocenters. The lowest BCUT2D eigenvalue weighted by atomic mass is 9.98. The topological polar surface area (TPSA) is 46.5 Å². The zero-order valence-corrected chi connectivity index (χ0v) is 11.5. The minimum absolute atomic E-state index is 0.181. The van der Waals surface area contributed by atoms with Crippen molar-refractivity contribution in [3.63, 3.8) is 0 Å². The largest absolute Gasteiger partial charge is 0.459 e. The maximum atomic E-state index is 13.2. The molecule has 0 fully saturated rings. The predicted molar refractivity (Wildman–Crippen MR) is 63.3 cm³/mol. The third-order valence-corrected chi connectivity index (χ3v) is 2.77. The highest BCUT2D eigenvalue weighted by molar-refractivity contribution is 5.69. The molecule has 1 aromatic carbocycles. The molecule has 3 nitrogen and oxygen atoms in total. The zero-order valence-electron chi connectivity index (χ0n) is 11.5. The van der Waals surface area contributed by atoms with Crippen LogP contribution in [0.3, 0.4) is 0 Å². The standard InChI is InChI=1S/C13H11F7O3/c1-7(21)23-9-4-2-3-8(5-9)10(22)6-11(14,15)12(16,17)13(18,19)20/h2-5,10,22H,6H2,1H3. The fourth-order valence-electron chi connectivity index (χ4n) is 1.65. The summed E-state index contributed by atoms with van der Waals surface area (Å²) in [5, 5.41) is 9.52. The van der Waals surface area contributed by atoms with Crippen molar-refractivity contribution in [2.24, 2.45) is 0 Å². The van der Waals surface area contributed by atoms with Crippen LogP contribution in [0.5, 0.6) is 5.75 Å². The normalized spacial score (nSPS) is 14.5. The van der Waals surface area contributed by atoms with Crippen LogP contribution in [0.4, 0.5) is 30.7 Å². The molecule has 0 saturated carbocycles. The van der Waals surface area contributed by atoms with E-state index < -0.39 is 42.1 Å². The smallest absolute Gasteiger partial charge is 0.427 e. The molecule has 1 unspecified atom stereocenters. The second-order valence-corrected chi connectivity index (χ2v) is 4.66. The summed E-state index contributed by atoms with van der Waals surface area (Å²) in [6.07, 6.45) is -11.0. The van der Waals surface area contributed by atoms with Crippen LogP contribution < -0.4 is 4.74 Å². The molecule has 0 saturated heterocycles. The molecule has 0 aliphatic heterocycles. The number of aliphatic hydroxyl groups excluding tert-OH is 1. The number of benzene rings is 1. The van der Waals surface area contributed by atoms with Gasteiger partial charge in [-0.05, 0) is 17.7 Å². The monoisotopic (exact) mass is 348 g/mol. The molecule has 130 valence electrons. The average Bonchev–Trinajstić information content (AvgIpc) is 2.36. The van der Waals surface area contributed by atoms with Crippen LogP contribution in [0.2, 0.25) is 0 Å². The van der Waals surface area contributed by atoms with Gasteiger partial charge in [-0.2, -0.15) is 30.7 Å². The first kappa shape index (κ1) is 19.2. The van der Waals surface area contributed by atoms with Crippen LogP contribution >= 0.6 is 0 Å². The van der Waals surface area contributed by atoms with E-state index in [4.69, 9.17) is 0 Å². The number of alkyl halides is 7.